The van der Waals surface area contributed by atoms with Crippen molar-refractivity contribution in [2.75, 3.05) is 12.4 Å². The van der Waals surface area contributed by atoms with Gasteiger partial charge in [-0.25, -0.2) is 0 Å². The molecule has 0 aliphatic carbocycles. The number of anilines is 1. The molecule has 112 valence electrons. The number of benzene rings is 1. The molecule has 1 heterocycles. The summed E-state index contributed by atoms with van der Waals surface area (Å²) in [7, 11) is 1.51. The molecular formula is C14H13F2NO4. The van der Waals surface area contributed by atoms with Crippen LogP contribution in [0.5, 0.6) is 5.75 Å². The number of methoxy groups -OCH3 is 1. The molecule has 7 heteroatoms. The molecule has 21 heavy (non-hydrogen) atoms. The van der Waals surface area contributed by atoms with Crippen LogP contribution in [0, 0.1) is 0 Å². The molecule has 2 aromatic rings. The summed E-state index contributed by atoms with van der Waals surface area (Å²) < 4.78 is 38.6. The number of rotatable bonds is 6. The highest BCUT2D eigenvalue weighted by Gasteiger charge is 2.12. The van der Waals surface area contributed by atoms with Crippen molar-refractivity contribution in [2.24, 2.45) is 0 Å². The molecule has 0 fully saturated rings. The minimum absolute atomic E-state index is 0.0395. The van der Waals surface area contributed by atoms with E-state index in [0.717, 1.165) is 0 Å². The van der Waals surface area contributed by atoms with Gasteiger partial charge in [0.25, 0.3) is 5.91 Å². The Labute approximate surface area is 119 Å². The topological polar surface area (TPSA) is 60.7 Å². The average molecular weight is 297 g/mol. The molecule has 0 saturated carbocycles. The summed E-state index contributed by atoms with van der Waals surface area (Å²) in [6.07, 6.45) is 0. The zero-order chi connectivity index (χ0) is 15.2. The second-order valence-corrected chi connectivity index (χ2v) is 4.06. The van der Waals surface area contributed by atoms with E-state index in [-0.39, 0.29) is 18.1 Å². The van der Waals surface area contributed by atoms with E-state index in [4.69, 9.17) is 9.15 Å². The lowest BCUT2D eigenvalue weighted by atomic mass is 10.3. The number of carbonyl (C=O) groups is 1. The van der Waals surface area contributed by atoms with Gasteiger partial charge in [-0.1, -0.05) is 6.07 Å². The number of halogens is 2. The number of furan rings is 1. The van der Waals surface area contributed by atoms with Crippen molar-refractivity contribution in [1.29, 1.82) is 0 Å². The fourth-order valence-corrected chi connectivity index (χ4v) is 1.66. The number of ether oxygens (including phenoxy) is 2. The Bertz CT molecular complexity index is 613. The smallest absolute Gasteiger partial charge is 0.387 e. The maximum Gasteiger partial charge on any atom is 0.387 e. The summed E-state index contributed by atoms with van der Waals surface area (Å²) in [6, 6.07) is 8.83. The Morgan fingerprint density at radius 2 is 2.14 bits per heavy atom. The van der Waals surface area contributed by atoms with Gasteiger partial charge in [0.15, 0.2) is 5.76 Å². The maximum atomic E-state index is 12.1. The third-order valence-electron chi connectivity index (χ3n) is 2.49. The van der Waals surface area contributed by atoms with Gasteiger partial charge in [0.1, 0.15) is 18.1 Å². The van der Waals surface area contributed by atoms with Crippen LogP contribution < -0.4 is 10.1 Å². The van der Waals surface area contributed by atoms with Crippen LogP contribution in [0.25, 0.3) is 0 Å². The summed E-state index contributed by atoms with van der Waals surface area (Å²) >= 11 is 0. The van der Waals surface area contributed by atoms with Crippen molar-refractivity contribution in [3.63, 3.8) is 0 Å². The Morgan fingerprint density at radius 3 is 2.86 bits per heavy atom. The fraction of sp³-hybridized carbons (Fsp3) is 0.214. The monoisotopic (exact) mass is 297 g/mol. The maximum absolute atomic E-state index is 12.1. The normalized spacial score (nSPS) is 10.7. The van der Waals surface area contributed by atoms with E-state index >= 15 is 0 Å². The summed E-state index contributed by atoms with van der Waals surface area (Å²) in [4.78, 5) is 11.9. The number of alkyl halides is 2. The standard InChI is InChI=1S/C14H13F2NO4/c1-19-8-11-5-6-12(20-11)13(18)17-9-3-2-4-10(7-9)21-14(15)16/h2-7,14H,8H2,1H3,(H,17,18). The number of hydrogen-bond donors (Lipinski definition) is 1. The van der Waals surface area contributed by atoms with Crippen LogP contribution >= 0.6 is 0 Å². The summed E-state index contributed by atoms with van der Waals surface area (Å²) in [5.74, 6) is 0.0773. The first-order valence-corrected chi connectivity index (χ1v) is 6.02. The Kier molecular flexibility index (Phi) is 4.89. The first-order valence-electron chi connectivity index (χ1n) is 6.02. The van der Waals surface area contributed by atoms with E-state index in [1.807, 2.05) is 0 Å². The largest absolute Gasteiger partial charge is 0.453 e. The SMILES string of the molecule is COCc1ccc(C(=O)Nc2cccc(OC(F)F)c2)o1. The zero-order valence-electron chi connectivity index (χ0n) is 11.1. The molecular weight excluding hydrogens is 284 g/mol. The third kappa shape index (κ3) is 4.28. The first-order chi connectivity index (χ1) is 10.1. The molecule has 0 radical (unpaired) electrons. The van der Waals surface area contributed by atoms with Gasteiger partial charge in [0, 0.05) is 18.9 Å². The molecule has 1 aromatic carbocycles. The lowest BCUT2D eigenvalue weighted by Crippen LogP contribution is -2.11. The van der Waals surface area contributed by atoms with Gasteiger partial charge in [-0.2, -0.15) is 8.78 Å². The second-order valence-electron chi connectivity index (χ2n) is 4.06. The summed E-state index contributed by atoms with van der Waals surface area (Å²) in [5, 5.41) is 2.53. The van der Waals surface area contributed by atoms with Gasteiger partial charge in [-0.05, 0) is 24.3 Å². The molecule has 0 unspecified atom stereocenters. The van der Waals surface area contributed by atoms with E-state index in [9.17, 15) is 13.6 Å². The van der Waals surface area contributed by atoms with E-state index in [1.165, 1.54) is 31.4 Å². The Morgan fingerprint density at radius 1 is 1.33 bits per heavy atom. The van der Waals surface area contributed by atoms with E-state index in [0.29, 0.717) is 11.4 Å². The van der Waals surface area contributed by atoms with Crippen LogP contribution in [-0.4, -0.2) is 19.6 Å². The van der Waals surface area contributed by atoms with E-state index in [1.54, 1.807) is 12.1 Å². The van der Waals surface area contributed by atoms with Crippen molar-refractivity contribution in [3.8, 4) is 5.75 Å². The molecule has 0 aliphatic rings. The number of nitrogens with one attached hydrogen (secondary N) is 1. The Balaban J connectivity index is 2.04. The average Bonchev–Trinajstić information content (AvgIpc) is 2.87. The summed E-state index contributed by atoms with van der Waals surface area (Å²) in [5.41, 5.74) is 0.322. The third-order valence-corrected chi connectivity index (χ3v) is 2.49. The lowest BCUT2D eigenvalue weighted by molar-refractivity contribution is -0.0497. The van der Waals surface area contributed by atoms with Gasteiger partial charge >= 0.3 is 6.61 Å². The van der Waals surface area contributed by atoms with Gasteiger partial charge in [-0.15, -0.1) is 0 Å². The molecule has 5 nitrogen and oxygen atoms in total. The molecule has 0 spiro atoms. The molecule has 0 saturated heterocycles. The number of hydrogen-bond acceptors (Lipinski definition) is 4. The van der Waals surface area contributed by atoms with Crippen LogP contribution in [0.3, 0.4) is 0 Å². The van der Waals surface area contributed by atoms with Crippen LogP contribution in [0.1, 0.15) is 16.3 Å². The van der Waals surface area contributed by atoms with Crippen molar-refractivity contribution in [1.82, 2.24) is 0 Å². The number of amides is 1. The zero-order valence-corrected chi connectivity index (χ0v) is 11.1. The molecule has 1 aromatic heterocycles. The van der Waals surface area contributed by atoms with Crippen molar-refractivity contribution in [3.05, 3.63) is 47.9 Å². The summed E-state index contributed by atoms with van der Waals surface area (Å²) in [6.45, 7) is -2.66. The van der Waals surface area contributed by atoms with Crippen LogP contribution in [0.4, 0.5) is 14.5 Å². The molecule has 2 rings (SSSR count). The van der Waals surface area contributed by atoms with Crippen molar-refractivity contribution in [2.45, 2.75) is 13.2 Å². The van der Waals surface area contributed by atoms with Crippen molar-refractivity contribution >= 4 is 11.6 Å². The molecule has 0 atom stereocenters. The predicted molar refractivity (Wildman–Crippen MR) is 70.4 cm³/mol. The minimum atomic E-state index is -2.92. The molecule has 1 amide bonds. The molecule has 0 aliphatic heterocycles. The quantitative estimate of drug-likeness (QED) is 0.889. The van der Waals surface area contributed by atoms with Gasteiger partial charge < -0.3 is 19.2 Å². The highest BCUT2D eigenvalue weighted by molar-refractivity contribution is 6.02. The number of carbonyl (C=O) groups excluding carboxylic acids is 1. The Hall–Kier alpha value is -2.41. The van der Waals surface area contributed by atoms with Crippen molar-refractivity contribution < 1.29 is 27.5 Å². The first kappa shape index (κ1) is 15.0. The van der Waals surface area contributed by atoms with Crippen LogP contribution in [0.2, 0.25) is 0 Å². The van der Waals surface area contributed by atoms with Gasteiger partial charge in [0.2, 0.25) is 0 Å². The van der Waals surface area contributed by atoms with Crippen LogP contribution in [0.15, 0.2) is 40.8 Å². The van der Waals surface area contributed by atoms with Crippen LogP contribution in [-0.2, 0) is 11.3 Å². The van der Waals surface area contributed by atoms with E-state index < -0.39 is 12.5 Å². The molecule has 0 bridgehead atoms. The molecule has 1 N–H and O–H groups in total. The fourth-order valence-electron chi connectivity index (χ4n) is 1.66. The highest BCUT2D eigenvalue weighted by Crippen LogP contribution is 2.20. The second kappa shape index (κ2) is 6.85. The van der Waals surface area contributed by atoms with E-state index in [2.05, 4.69) is 10.1 Å². The van der Waals surface area contributed by atoms with Gasteiger partial charge in [0.05, 0.1) is 0 Å². The lowest BCUT2D eigenvalue weighted by Gasteiger charge is -2.07. The minimum Gasteiger partial charge on any atom is -0.453 e. The van der Waals surface area contributed by atoms with Gasteiger partial charge in [-0.3, -0.25) is 4.79 Å². The predicted octanol–water partition coefficient (Wildman–Crippen LogP) is 3.28. The highest BCUT2D eigenvalue weighted by atomic mass is 19.3.